The van der Waals surface area contributed by atoms with Crippen LogP contribution in [-0.4, -0.2) is 36.4 Å². The number of benzene rings is 1. The number of nitrogens with zero attached hydrogens (tertiary/aromatic N) is 3. The Kier molecular flexibility index (Phi) is 5.97. The summed E-state index contributed by atoms with van der Waals surface area (Å²) in [6.07, 6.45) is 8.98. The molecule has 2 heterocycles. The molecule has 0 saturated carbocycles. The Bertz CT molecular complexity index is 1090. The zero-order valence-electron chi connectivity index (χ0n) is 17.3. The van der Waals surface area contributed by atoms with E-state index in [0.717, 1.165) is 12.1 Å². The Morgan fingerprint density at radius 1 is 1.29 bits per heavy atom. The molecule has 6 nitrogen and oxygen atoms in total. The second kappa shape index (κ2) is 8.48. The van der Waals surface area contributed by atoms with Gasteiger partial charge in [0, 0.05) is 32.5 Å². The molecule has 0 aliphatic carbocycles. The van der Waals surface area contributed by atoms with Gasteiger partial charge in [0.15, 0.2) is 5.41 Å². The van der Waals surface area contributed by atoms with Crippen molar-refractivity contribution in [1.29, 1.82) is 0 Å². The van der Waals surface area contributed by atoms with Crippen LogP contribution in [0.25, 0.3) is 5.70 Å². The van der Waals surface area contributed by atoms with Gasteiger partial charge >= 0.3 is 0 Å². The molecule has 1 amide bonds. The fraction of sp³-hybridized carbons (Fsp3) is 0.217. The number of hydrogen-bond acceptors (Lipinski definition) is 5. The summed E-state index contributed by atoms with van der Waals surface area (Å²) in [4.78, 5) is 20.7. The highest BCUT2D eigenvalue weighted by Crippen LogP contribution is 2.38. The molecule has 0 saturated heterocycles. The second-order valence-electron chi connectivity index (χ2n) is 7.27. The van der Waals surface area contributed by atoms with Crippen molar-refractivity contribution in [2.75, 3.05) is 25.5 Å². The van der Waals surface area contributed by atoms with Crippen molar-refractivity contribution in [3.05, 3.63) is 77.3 Å². The first kappa shape index (κ1) is 21.8. The highest BCUT2D eigenvalue weighted by molar-refractivity contribution is 6.01. The van der Waals surface area contributed by atoms with Crippen LogP contribution in [0.4, 0.5) is 14.6 Å². The van der Waals surface area contributed by atoms with Gasteiger partial charge < -0.3 is 16.4 Å². The molecule has 31 heavy (non-hydrogen) atoms. The van der Waals surface area contributed by atoms with Gasteiger partial charge in [-0.3, -0.25) is 9.69 Å². The minimum Gasteiger partial charge on any atom is -0.399 e. The molecular formula is C23H23F2N5O. The van der Waals surface area contributed by atoms with Crippen molar-refractivity contribution in [3.63, 3.8) is 0 Å². The minimum atomic E-state index is -1.46. The topological polar surface area (TPSA) is 88.5 Å². The summed E-state index contributed by atoms with van der Waals surface area (Å²) in [5, 5.41) is 0. The SMILES string of the molecule is C#C[C@@]1(C(=O)N(C)c2ccccn2)CCN(C)C(/C=C(\N)c2c(F)cccc2F)=C1N. The monoisotopic (exact) mass is 423 g/mol. The van der Waals surface area contributed by atoms with Gasteiger partial charge in [-0.15, -0.1) is 6.42 Å². The highest BCUT2D eigenvalue weighted by Gasteiger charge is 2.46. The number of rotatable bonds is 4. The Morgan fingerprint density at radius 2 is 1.97 bits per heavy atom. The van der Waals surface area contributed by atoms with Crippen molar-refractivity contribution in [3.8, 4) is 12.3 Å². The first-order valence-electron chi connectivity index (χ1n) is 9.52. The Labute approximate surface area is 179 Å². The predicted molar refractivity (Wildman–Crippen MR) is 116 cm³/mol. The Hall–Kier alpha value is -3.86. The number of likely N-dealkylation sites (N-methyl/N-ethyl adjacent to an activating group) is 1. The average molecular weight is 423 g/mol. The number of pyridine rings is 1. The van der Waals surface area contributed by atoms with Gasteiger partial charge in [-0.05, 0) is 36.8 Å². The number of hydrogen-bond donors (Lipinski definition) is 2. The molecule has 1 aliphatic rings. The number of nitrogens with two attached hydrogens (primary N) is 2. The van der Waals surface area contributed by atoms with E-state index in [1.54, 1.807) is 43.4 Å². The van der Waals surface area contributed by atoms with Crippen molar-refractivity contribution < 1.29 is 13.6 Å². The molecule has 0 radical (unpaired) electrons. The van der Waals surface area contributed by atoms with Crippen LogP contribution < -0.4 is 16.4 Å². The van der Waals surface area contributed by atoms with E-state index in [4.69, 9.17) is 17.9 Å². The van der Waals surface area contributed by atoms with Crippen LogP contribution in [0, 0.1) is 29.4 Å². The molecule has 8 heteroatoms. The zero-order chi connectivity index (χ0) is 22.8. The summed E-state index contributed by atoms with van der Waals surface area (Å²) in [7, 11) is 3.30. The summed E-state index contributed by atoms with van der Waals surface area (Å²) in [6.45, 7) is 0.381. The van der Waals surface area contributed by atoms with Crippen LogP contribution in [0.2, 0.25) is 0 Å². The van der Waals surface area contributed by atoms with Crippen molar-refractivity contribution in [1.82, 2.24) is 9.88 Å². The van der Waals surface area contributed by atoms with Crippen LogP contribution in [0.1, 0.15) is 12.0 Å². The molecule has 0 fully saturated rings. The zero-order valence-corrected chi connectivity index (χ0v) is 17.3. The summed E-state index contributed by atoms with van der Waals surface area (Å²) >= 11 is 0. The summed E-state index contributed by atoms with van der Waals surface area (Å²) in [6, 6.07) is 8.63. The van der Waals surface area contributed by atoms with Gasteiger partial charge in [0.2, 0.25) is 0 Å². The number of allylic oxidation sites excluding steroid dienone is 1. The summed E-state index contributed by atoms with van der Waals surface area (Å²) in [5.41, 5.74) is 10.8. The van der Waals surface area contributed by atoms with E-state index < -0.39 is 23.0 Å². The maximum absolute atomic E-state index is 14.2. The number of carbonyl (C=O) groups is 1. The smallest absolute Gasteiger partial charge is 0.252 e. The highest BCUT2D eigenvalue weighted by atomic mass is 19.1. The molecule has 160 valence electrons. The Morgan fingerprint density at radius 3 is 2.55 bits per heavy atom. The molecule has 1 aromatic heterocycles. The van der Waals surface area contributed by atoms with Gasteiger partial charge in [-0.1, -0.05) is 18.1 Å². The first-order valence-corrected chi connectivity index (χ1v) is 9.52. The summed E-state index contributed by atoms with van der Waals surface area (Å²) in [5.74, 6) is 0.933. The standard InChI is InChI=1S/C23H23F2N5O/c1-4-23(22(31)30(3)19-10-5-6-12-28-19)11-13-29(2)18(21(23)27)14-17(26)20-15(24)8-7-9-16(20)25/h1,5-10,12,14H,11,13,26-27H2,2-3H3/b17-14-/t23-/m1/s1. The van der Waals surface area contributed by atoms with E-state index in [9.17, 15) is 13.6 Å². The number of halogens is 2. The minimum absolute atomic E-state index is 0.0798. The van der Waals surface area contributed by atoms with Gasteiger partial charge in [0.25, 0.3) is 5.91 Å². The first-order chi connectivity index (χ1) is 14.7. The lowest BCUT2D eigenvalue weighted by atomic mass is 9.77. The van der Waals surface area contributed by atoms with Gasteiger partial charge in [0.1, 0.15) is 17.5 Å². The maximum atomic E-state index is 14.2. The molecule has 3 rings (SSSR count). The molecule has 4 N–H and O–H groups in total. The molecule has 2 aromatic rings. The third-order valence-corrected chi connectivity index (χ3v) is 5.42. The fourth-order valence-electron chi connectivity index (χ4n) is 3.57. The number of amides is 1. The van der Waals surface area contributed by atoms with E-state index >= 15 is 0 Å². The van der Waals surface area contributed by atoms with Crippen molar-refractivity contribution in [2.24, 2.45) is 16.9 Å². The van der Waals surface area contributed by atoms with Crippen LogP contribution >= 0.6 is 0 Å². The van der Waals surface area contributed by atoms with E-state index in [1.807, 2.05) is 0 Å². The number of aromatic nitrogens is 1. The molecule has 1 aliphatic heterocycles. The lowest BCUT2D eigenvalue weighted by Crippen LogP contribution is -2.50. The van der Waals surface area contributed by atoms with Gasteiger partial charge in [-0.2, -0.15) is 0 Å². The molecule has 1 aromatic carbocycles. The molecule has 1 atom stereocenters. The van der Waals surface area contributed by atoms with Gasteiger partial charge in [-0.25, -0.2) is 13.8 Å². The maximum Gasteiger partial charge on any atom is 0.252 e. The largest absolute Gasteiger partial charge is 0.399 e. The Balaban J connectivity index is 2.10. The predicted octanol–water partition coefficient (Wildman–Crippen LogP) is 2.45. The average Bonchev–Trinajstić information content (AvgIpc) is 2.76. The normalized spacial score (nSPS) is 19.2. The van der Waals surface area contributed by atoms with Crippen molar-refractivity contribution >= 4 is 17.4 Å². The quantitative estimate of drug-likeness (QED) is 0.738. The fourth-order valence-corrected chi connectivity index (χ4v) is 3.57. The molecule has 0 unspecified atom stereocenters. The van der Waals surface area contributed by atoms with Crippen LogP contribution in [0.5, 0.6) is 0 Å². The molecular weight excluding hydrogens is 400 g/mol. The van der Waals surface area contributed by atoms with Crippen LogP contribution in [-0.2, 0) is 4.79 Å². The summed E-state index contributed by atoms with van der Waals surface area (Å²) < 4.78 is 28.3. The van der Waals surface area contributed by atoms with Crippen molar-refractivity contribution in [2.45, 2.75) is 6.42 Å². The second-order valence-corrected chi connectivity index (χ2v) is 7.27. The molecule has 0 bridgehead atoms. The third kappa shape index (κ3) is 3.82. The van der Waals surface area contributed by atoms with E-state index in [2.05, 4.69) is 10.9 Å². The lowest BCUT2D eigenvalue weighted by Gasteiger charge is -2.39. The number of carbonyl (C=O) groups excluding carboxylic acids is 1. The molecule has 0 spiro atoms. The van der Waals surface area contributed by atoms with E-state index in [-0.39, 0.29) is 23.4 Å². The number of anilines is 1. The van der Waals surface area contributed by atoms with Gasteiger partial charge in [0.05, 0.1) is 17.0 Å². The van der Waals surface area contributed by atoms with Crippen LogP contribution in [0.3, 0.4) is 0 Å². The van der Waals surface area contributed by atoms with E-state index in [1.165, 1.54) is 17.0 Å². The third-order valence-electron chi connectivity index (χ3n) is 5.42. The van der Waals surface area contributed by atoms with E-state index in [0.29, 0.717) is 18.1 Å². The number of terminal acetylenes is 1. The lowest BCUT2D eigenvalue weighted by molar-refractivity contribution is -0.124. The van der Waals surface area contributed by atoms with Crippen LogP contribution in [0.15, 0.2) is 60.1 Å².